The molecular formula is C21H22N4O3. The van der Waals surface area contributed by atoms with Crippen molar-refractivity contribution in [3.05, 3.63) is 53.7 Å². The number of hydrogen-bond donors (Lipinski definition) is 1. The number of nitrogens with zero attached hydrogens (tertiary/aromatic N) is 3. The highest BCUT2D eigenvalue weighted by molar-refractivity contribution is 6.08. The average Bonchev–Trinajstić information content (AvgIpc) is 3.46. The van der Waals surface area contributed by atoms with Crippen LogP contribution >= 0.6 is 0 Å². The third-order valence-electron chi connectivity index (χ3n) is 4.87. The molecule has 1 aromatic heterocycles. The summed E-state index contributed by atoms with van der Waals surface area (Å²) in [6, 6.07) is 11.5. The monoisotopic (exact) mass is 378 g/mol. The maximum Gasteiger partial charge on any atom is 0.256 e. The second-order valence-corrected chi connectivity index (χ2v) is 7.13. The van der Waals surface area contributed by atoms with Crippen molar-refractivity contribution in [2.75, 3.05) is 12.4 Å². The van der Waals surface area contributed by atoms with Crippen LogP contribution in [0.4, 0.5) is 5.69 Å². The molecule has 3 aromatic rings. The molecule has 1 aliphatic carbocycles. The first-order valence-corrected chi connectivity index (χ1v) is 9.45. The first kappa shape index (κ1) is 18.2. The topological polar surface area (TPSA) is 88.3 Å². The maximum absolute atomic E-state index is 13.1. The minimum atomic E-state index is -0.215. The molecule has 0 spiro atoms. The zero-order valence-electron chi connectivity index (χ0n) is 15.9. The van der Waals surface area contributed by atoms with Crippen LogP contribution in [-0.2, 0) is 17.8 Å². The molecule has 0 radical (unpaired) electrons. The van der Waals surface area contributed by atoms with Gasteiger partial charge in [0.15, 0.2) is 5.82 Å². The molecular weight excluding hydrogens is 356 g/mol. The minimum Gasteiger partial charge on any atom is -0.337 e. The van der Waals surface area contributed by atoms with Crippen LogP contribution in [0.1, 0.15) is 41.8 Å². The predicted octanol–water partition coefficient (Wildman–Crippen LogP) is 3.41. The molecule has 0 atom stereocenters. The lowest BCUT2D eigenvalue weighted by Crippen LogP contribution is -2.28. The molecule has 7 nitrogen and oxygen atoms in total. The van der Waals surface area contributed by atoms with E-state index in [1.165, 1.54) is 4.90 Å². The highest BCUT2D eigenvalue weighted by atomic mass is 16.5. The summed E-state index contributed by atoms with van der Waals surface area (Å²) in [7, 11) is 1.68. The molecule has 1 saturated carbocycles. The van der Waals surface area contributed by atoms with Crippen LogP contribution in [-0.4, -0.2) is 33.9 Å². The fourth-order valence-corrected chi connectivity index (χ4v) is 3.08. The van der Waals surface area contributed by atoms with Crippen molar-refractivity contribution in [3.8, 4) is 0 Å². The number of fused-ring (bicyclic) bond motifs is 1. The third-order valence-corrected chi connectivity index (χ3v) is 4.87. The first-order chi connectivity index (χ1) is 13.5. The van der Waals surface area contributed by atoms with Crippen molar-refractivity contribution in [2.45, 2.75) is 32.7 Å². The van der Waals surface area contributed by atoms with Crippen molar-refractivity contribution in [3.63, 3.8) is 0 Å². The Balaban J connectivity index is 1.64. The molecule has 0 bridgehead atoms. The largest absolute Gasteiger partial charge is 0.337 e. The predicted molar refractivity (Wildman–Crippen MR) is 105 cm³/mol. The van der Waals surface area contributed by atoms with Crippen LogP contribution in [0.25, 0.3) is 10.8 Å². The van der Waals surface area contributed by atoms with E-state index in [1.807, 2.05) is 43.3 Å². The second-order valence-electron chi connectivity index (χ2n) is 7.13. The summed E-state index contributed by atoms with van der Waals surface area (Å²) in [5.74, 6) is 0.804. The zero-order chi connectivity index (χ0) is 19.7. The summed E-state index contributed by atoms with van der Waals surface area (Å²) >= 11 is 0. The summed E-state index contributed by atoms with van der Waals surface area (Å²) in [5, 5.41) is 8.71. The highest BCUT2D eigenvalue weighted by Gasteiger charge is 2.30. The maximum atomic E-state index is 13.1. The Morgan fingerprint density at radius 1 is 1.21 bits per heavy atom. The quantitative estimate of drug-likeness (QED) is 0.710. The Labute approximate surface area is 162 Å². The lowest BCUT2D eigenvalue weighted by Gasteiger charge is -2.18. The number of carbonyl (C=O) groups excluding carboxylic acids is 2. The van der Waals surface area contributed by atoms with Crippen LogP contribution in [0, 0.1) is 5.92 Å². The van der Waals surface area contributed by atoms with Gasteiger partial charge in [-0.1, -0.05) is 36.3 Å². The van der Waals surface area contributed by atoms with Crippen LogP contribution in [0.2, 0.25) is 0 Å². The van der Waals surface area contributed by atoms with Crippen molar-refractivity contribution in [2.24, 2.45) is 5.92 Å². The number of aryl methyl sites for hydroxylation is 1. The Bertz CT molecular complexity index is 1040. The smallest absolute Gasteiger partial charge is 0.256 e. The Kier molecular flexibility index (Phi) is 4.81. The molecule has 28 heavy (non-hydrogen) atoms. The molecule has 7 heteroatoms. The second kappa shape index (κ2) is 7.42. The molecule has 1 heterocycles. The van der Waals surface area contributed by atoms with Gasteiger partial charge in [0.1, 0.15) is 0 Å². The van der Waals surface area contributed by atoms with Gasteiger partial charge in [0.25, 0.3) is 5.91 Å². The van der Waals surface area contributed by atoms with Gasteiger partial charge >= 0.3 is 0 Å². The molecule has 1 N–H and O–H groups in total. The van der Waals surface area contributed by atoms with Gasteiger partial charge in [-0.25, -0.2) is 0 Å². The van der Waals surface area contributed by atoms with E-state index in [0.29, 0.717) is 29.4 Å². The number of amides is 2. The lowest BCUT2D eigenvalue weighted by molar-refractivity contribution is -0.117. The van der Waals surface area contributed by atoms with E-state index in [9.17, 15) is 9.59 Å². The summed E-state index contributed by atoms with van der Waals surface area (Å²) in [6.45, 7) is 2.14. The van der Waals surface area contributed by atoms with Crippen molar-refractivity contribution < 1.29 is 14.1 Å². The van der Waals surface area contributed by atoms with E-state index in [2.05, 4.69) is 15.5 Å². The summed E-state index contributed by atoms with van der Waals surface area (Å²) < 4.78 is 5.19. The average molecular weight is 378 g/mol. The van der Waals surface area contributed by atoms with Crippen LogP contribution in [0.5, 0.6) is 0 Å². The van der Waals surface area contributed by atoms with Crippen molar-refractivity contribution in [1.29, 1.82) is 0 Å². The van der Waals surface area contributed by atoms with Crippen molar-refractivity contribution >= 4 is 28.3 Å². The van der Waals surface area contributed by atoms with Gasteiger partial charge in [-0.05, 0) is 35.7 Å². The van der Waals surface area contributed by atoms with E-state index < -0.39 is 0 Å². The summed E-state index contributed by atoms with van der Waals surface area (Å²) in [5.41, 5.74) is 0.984. The molecule has 4 rings (SSSR count). The van der Waals surface area contributed by atoms with E-state index in [0.717, 1.165) is 23.6 Å². The third kappa shape index (κ3) is 3.74. The van der Waals surface area contributed by atoms with Gasteiger partial charge in [0.05, 0.1) is 17.8 Å². The molecule has 2 amide bonds. The van der Waals surface area contributed by atoms with Gasteiger partial charge in [-0.3, -0.25) is 9.59 Å². The van der Waals surface area contributed by atoms with Crippen molar-refractivity contribution in [1.82, 2.24) is 15.0 Å². The van der Waals surface area contributed by atoms with Crippen LogP contribution < -0.4 is 5.32 Å². The van der Waals surface area contributed by atoms with E-state index >= 15 is 0 Å². The zero-order valence-corrected chi connectivity index (χ0v) is 15.9. The summed E-state index contributed by atoms with van der Waals surface area (Å²) in [4.78, 5) is 31.2. The van der Waals surface area contributed by atoms with E-state index in [-0.39, 0.29) is 24.3 Å². The van der Waals surface area contributed by atoms with Gasteiger partial charge in [0.2, 0.25) is 11.8 Å². The van der Waals surface area contributed by atoms with Crippen LogP contribution in [0.3, 0.4) is 0 Å². The first-order valence-electron chi connectivity index (χ1n) is 9.45. The fraction of sp³-hybridized carbons (Fsp3) is 0.333. The van der Waals surface area contributed by atoms with Gasteiger partial charge < -0.3 is 14.7 Å². The summed E-state index contributed by atoms with van der Waals surface area (Å²) in [6.07, 6.45) is 2.47. The van der Waals surface area contributed by atoms with E-state index in [4.69, 9.17) is 4.52 Å². The van der Waals surface area contributed by atoms with E-state index in [1.54, 1.807) is 7.05 Å². The Morgan fingerprint density at radius 3 is 2.57 bits per heavy atom. The Morgan fingerprint density at radius 2 is 1.93 bits per heavy atom. The number of carbonyl (C=O) groups is 2. The number of nitrogens with one attached hydrogen (secondary N) is 1. The molecule has 2 aromatic carbocycles. The molecule has 0 aliphatic heterocycles. The molecule has 144 valence electrons. The number of rotatable bonds is 6. The highest BCUT2D eigenvalue weighted by Crippen LogP contribution is 2.32. The van der Waals surface area contributed by atoms with Gasteiger partial charge in [-0.2, -0.15) is 4.98 Å². The molecule has 1 fully saturated rings. The standard InChI is InChI=1S/C21H22N4O3/c1-3-18-23-19(28-24-18)12-25(2)21(27)16-10-14-6-4-5-7-15(14)11-17(16)22-20(26)13-8-9-13/h4-7,10-11,13H,3,8-9,12H2,1-2H3,(H,22,26). The SMILES string of the molecule is CCc1noc(CN(C)C(=O)c2cc3ccccc3cc2NC(=O)C2CC2)n1. The number of anilines is 1. The molecule has 0 saturated heterocycles. The van der Waals surface area contributed by atoms with Gasteiger partial charge in [-0.15, -0.1) is 0 Å². The minimum absolute atomic E-state index is 0.0310. The lowest BCUT2D eigenvalue weighted by atomic mass is 10.0. The fourth-order valence-electron chi connectivity index (χ4n) is 3.08. The van der Waals surface area contributed by atoms with Gasteiger partial charge in [0, 0.05) is 19.4 Å². The molecule has 0 unspecified atom stereocenters. The number of benzene rings is 2. The molecule has 1 aliphatic rings. The normalized spacial score (nSPS) is 13.5. The van der Waals surface area contributed by atoms with Crippen LogP contribution in [0.15, 0.2) is 40.9 Å². The Hall–Kier alpha value is -3.22. The number of aromatic nitrogens is 2. The number of hydrogen-bond acceptors (Lipinski definition) is 5.